The van der Waals surface area contributed by atoms with Crippen LogP contribution in [0.15, 0.2) is 12.3 Å². The average molecular weight is 283 g/mol. The number of carbonyl (C=O) groups excluding carboxylic acids is 1. The van der Waals surface area contributed by atoms with E-state index >= 15 is 0 Å². The van der Waals surface area contributed by atoms with Gasteiger partial charge in [0, 0.05) is 19.8 Å². The minimum atomic E-state index is -0.0510. The van der Waals surface area contributed by atoms with Gasteiger partial charge >= 0.3 is 0 Å². The van der Waals surface area contributed by atoms with Crippen LogP contribution in [0.4, 0.5) is 5.82 Å². The molecule has 0 saturated heterocycles. The van der Waals surface area contributed by atoms with Gasteiger partial charge in [0.15, 0.2) is 5.82 Å². The van der Waals surface area contributed by atoms with Gasteiger partial charge in [-0.2, -0.15) is 0 Å². The number of hydrogen-bond acceptors (Lipinski definition) is 4. The van der Waals surface area contributed by atoms with Crippen molar-refractivity contribution >= 4 is 23.3 Å². The summed E-state index contributed by atoms with van der Waals surface area (Å²) < 4.78 is 0. The third kappa shape index (κ3) is 3.36. The molecular weight excluding hydrogens is 264 g/mol. The first-order valence-electron chi connectivity index (χ1n) is 6.49. The molecule has 2 rings (SSSR count). The molecule has 1 amide bonds. The van der Waals surface area contributed by atoms with E-state index in [-0.39, 0.29) is 5.91 Å². The van der Waals surface area contributed by atoms with Gasteiger partial charge in [-0.1, -0.05) is 24.4 Å². The number of amides is 1. The van der Waals surface area contributed by atoms with E-state index in [2.05, 4.69) is 10.4 Å². The van der Waals surface area contributed by atoms with Crippen molar-refractivity contribution in [3.05, 3.63) is 22.8 Å². The number of aromatic nitrogens is 1. The van der Waals surface area contributed by atoms with Crippen molar-refractivity contribution in [2.45, 2.75) is 25.7 Å². The first kappa shape index (κ1) is 14.1. The molecule has 1 heterocycles. The van der Waals surface area contributed by atoms with Gasteiger partial charge < -0.3 is 10.3 Å². The third-order valence-electron chi connectivity index (χ3n) is 3.58. The van der Waals surface area contributed by atoms with Crippen molar-refractivity contribution in [2.24, 2.45) is 11.8 Å². The number of nitrogens with zero attached hydrogens (tertiary/aromatic N) is 2. The zero-order valence-corrected chi connectivity index (χ0v) is 11.8. The van der Waals surface area contributed by atoms with Crippen molar-refractivity contribution < 1.29 is 4.79 Å². The highest BCUT2D eigenvalue weighted by Crippen LogP contribution is 2.26. The van der Waals surface area contributed by atoms with E-state index in [0.29, 0.717) is 22.3 Å². The summed E-state index contributed by atoms with van der Waals surface area (Å²) in [6.07, 6.45) is 6.47. The number of hydrogen-bond donors (Lipinski definition) is 2. The molecule has 1 aromatic rings. The number of carbonyl (C=O) groups is 1. The molecule has 0 spiro atoms. The van der Waals surface area contributed by atoms with Crippen molar-refractivity contribution in [1.82, 2.24) is 9.88 Å². The number of nitrogens with two attached hydrogens (primary N) is 1. The Morgan fingerprint density at radius 1 is 1.58 bits per heavy atom. The Kier molecular flexibility index (Phi) is 4.61. The van der Waals surface area contributed by atoms with Crippen LogP contribution in [0, 0.1) is 5.92 Å². The lowest BCUT2D eigenvalue weighted by molar-refractivity contribution is 0.0773. The van der Waals surface area contributed by atoms with Gasteiger partial charge in [0.2, 0.25) is 0 Å². The van der Waals surface area contributed by atoms with E-state index in [9.17, 15) is 4.79 Å². The summed E-state index contributed by atoms with van der Waals surface area (Å²) in [6.45, 7) is 0.799. The van der Waals surface area contributed by atoms with Crippen LogP contribution in [0.3, 0.4) is 0 Å². The van der Waals surface area contributed by atoms with E-state index in [1.165, 1.54) is 31.9 Å². The predicted molar refractivity (Wildman–Crippen MR) is 76.0 cm³/mol. The molecular formula is C13H19ClN4O. The molecule has 104 valence electrons. The molecule has 1 aromatic heterocycles. The minimum Gasteiger partial charge on any atom is -0.341 e. The molecule has 5 nitrogen and oxygen atoms in total. The summed E-state index contributed by atoms with van der Waals surface area (Å²) in [5.41, 5.74) is 2.87. The summed E-state index contributed by atoms with van der Waals surface area (Å²) in [5.74, 6) is 6.20. The lowest BCUT2D eigenvalue weighted by atomic mass is 10.1. The van der Waals surface area contributed by atoms with Crippen molar-refractivity contribution in [3.8, 4) is 0 Å². The Morgan fingerprint density at radius 3 is 2.84 bits per heavy atom. The highest BCUT2D eigenvalue weighted by atomic mass is 35.5. The molecule has 0 aromatic carbocycles. The van der Waals surface area contributed by atoms with Gasteiger partial charge in [-0.3, -0.25) is 4.79 Å². The Bertz CT molecular complexity index is 460. The van der Waals surface area contributed by atoms with E-state index in [1.807, 2.05) is 7.05 Å². The number of nitrogens with one attached hydrogen (secondary N) is 1. The SMILES string of the molecule is CN(CC1CCCC1)C(=O)c1cnc(NN)c(Cl)c1. The number of anilines is 1. The molecule has 6 heteroatoms. The Morgan fingerprint density at radius 2 is 2.26 bits per heavy atom. The smallest absolute Gasteiger partial charge is 0.255 e. The number of pyridine rings is 1. The second kappa shape index (κ2) is 6.21. The third-order valence-corrected chi connectivity index (χ3v) is 3.87. The molecule has 0 atom stereocenters. The van der Waals surface area contributed by atoms with Crippen LogP contribution in [0.5, 0.6) is 0 Å². The fraction of sp³-hybridized carbons (Fsp3) is 0.538. The second-order valence-corrected chi connectivity index (χ2v) is 5.44. The summed E-state index contributed by atoms with van der Waals surface area (Å²) >= 11 is 5.97. The molecule has 1 fully saturated rings. The monoisotopic (exact) mass is 282 g/mol. The van der Waals surface area contributed by atoms with Crippen LogP contribution in [0.2, 0.25) is 5.02 Å². The number of rotatable bonds is 4. The number of hydrazine groups is 1. The number of nitrogen functional groups attached to an aromatic ring is 1. The average Bonchev–Trinajstić information content (AvgIpc) is 2.90. The summed E-state index contributed by atoms with van der Waals surface area (Å²) in [7, 11) is 1.82. The molecule has 0 radical (unpaired) electrons. The highest BCUT2D eigenvalue weighted by Gasteiger charge is 2.20. The Labute approximate surface area is 118 Å². The largest absolute Gasteiger partial charge is 0.341 e. The van der Waals surface area contributed by atoms with Crippen molar-refractivity contribution in [3.63, 3.8) is 0 Å². The van der Waals surface area contributed by atoms with Gasteiger partial charge in [0.1, 0.15) is 0 Å². The van der Waals surface area contributed by atoms with Gasteiger partial charge in [-0.25, -0.2) is 10.8 Å². The molecule has 0 unspecified atom stereocenters. The fourth-order valence-corrected chi connectivity index (χ4v) is 2.77. The van der Waals surface area contributed by atoms with Gasteiger partial charge in [-0.05, 0) is 24.8 Å². The van der Waals surface area contributed by atoms with Crippen LogP contribution in [0.25, 0.3) is 0 Å². The second-order valence-electron chi connectivity index (χ2n) is 5.03. The normalized spacial score (nSPS) is 15.5. The maximum atomic E-state index is 12.3. The maximum Gasteiger partial charge on any atom is 0.255 e. The van der Waals surface area contributed by atoms with Gasteiger partial charge in [0.05, 0.1) is 10.6 Å². The van der Waals surface area contributed by atoms with E-state index in [1.54, 1.807) is 11.0 Å². The molecule has 3 N–H and O–H groups in total. The first-order chi connectivity index (χ1) is 9.11. The lowest BCUT2D eigenvalue weighted by Gasteiger charge is -2.21. The Hall–Kier alpha value is -1.33. The number of halogens is 1. The molecule has 1 aliphatic carbocycles. The molecule has 0 aliphatic heterocycles. The van der Waals surface area contributed by atoms with Crippen LogP contribution >= 0.6 is 11.6 Å². The lowest BCUT2D eigenvalue weighted by Crippen LogP contribution is -2.31. The maximum absolute atomic E-state index is 12.3. The Balaban J connectivity index is 2.03. The zero-order chi connectivity index (χ0) is 13.8. The van der Waals surface area contributed by atoms with Crippen molar-refractivity contribution in [1.29, 1.82) is 0 Å². The van der Waals surface area contributed by atoms with E-state index in [0.717, 1.165) is 6.54 Å². The molecule has 1 saturated carbocycles. The summed E-state index contributed by atoms with van der Waals surface area (Å²) in [4.78, 5) is 18.0. The summed E-state index contributed by atoms with van der Waals surface area (Å²) in [5, 5.41) is 0.350. The van der Waals surface area contributed by atoms with Gasteiger partial charge in [0.25, 0.3) is 5.91 Å². The zero-order valence-electron chi connectivity index (χ0n) is 11.0. The quantitative estimate of drug-likeness (QED) is 0.656. The van der Waals surface area contributed by atoms with E-state index in [4.69, 9.17) is 17.4 Å². The standard InChI is InChI=1S/C13H19ClN4O/c1-18(8-9-4-2-3-5-9)13(19)10-6-11(14)12(17-15)16-7-10/h6-7,9H,2-5,8,15H2,1H3,(H,16,17). The van der Waals surface area contributed by atoms with E-state index < -0.39 is 0 Å². The van der Waals surface area contributed by atoms with Gasteiger partial charge in [-0.15, -0.1) is 0 Å². The molecule has 0 bridgehead atoms. The highest BCUT2D eigenvalue weighted by molar-refractivity contribution is 6.33. The van der Waals surface area contributed by atoms with Crippen molar-refractivity contribution in [2.75, 3.05) is 19.0 Å². The van der Waals surface area contributed by atoms with Crippen LogP contribution < -0.4 is 11.3 Å². The van der Waals surface area contributed by atoms with Crippen LogP contribution in [0.1, 0.15) is 36.0 Å². The van der Waals surface area contributed by atoms with Crippen LogP contribution in [-0.2, 0) is 0 Å². The molecule has 19 heavy (non-hydrogen) atoms. The minimum absolute atomic E-state index is 0.0510. The predicted octanol–water partition coefficient (Wildman–Crippen LogP) is 2.28. The first-order valence-corrected chi connectivity index (χ1v) is 6.87. The summed E-state index contributed by atoms with van der Waals surface area (Å²) in [6, 6.07) is 1.59. The van der Waals surface area contributed by atoms with Crippen LogP contribution in [-0.4, -0.2) is 29.4 Å². The topological polar surface area (TPSA) is 71.2 Å². The fourth-order valence-electron chi connectivity index (χ4n) is 2.54. The molecule has 1 aliphatic rings.